The molecule has 3 rings (SSSR count). The monoisotopic (exact) mass is 382 g/mol. The number of benzene rings is 1. The van der Waals surface area contributed by atoms with E-state index in [0.29, 0.717) is 10.4 Å². The first-order valence-corrected chi connectivity index (χ1v) is 9.45. The van der Waals surface area contributed by atoms with Gasteiger partial charge in [-0.3, -0.25) is 14.7 Å². The maximum Gasteiger partial charge on any atom is 0.259 e. The molecular formula is C20H22N4O2S. The summed E-state index contributed by atoms with van der Waals surface area (Å²) in [6.07, 6.45) is 0. The van der Waals surface area contributed by atoms with Crippen molar-refractivity contribution in [1.82, 2.24) is 15.1 Å². The molecule has 0 aliphatic rings. The summed E-state index contributed by atoms with van der Waals surface area (Å²) in [5.41, 5.74) is 10.6. The summed E-state index contributed by atoms with van der Waals surface area (Å²) in [6.45, 7) is 5.87. The maximum absolute atomic E-state index is 12.9. The third-order valence-electron chi connectivity index (χ3n) is 4.84. The van der Waals surface area contributed by atoms with E-state index < -0.39 is 5.91 Å². The quantitative estimate of drug-likeness (QED) is 0.705. The first-order chi connectivity index (χ1) is 12.8. The van der Waals surface area contributed by atoms with Gasteiger partial charge >= 0.3 is 0 Å². The molecule has 0 saturated carbocycles. The molecule has 3 N–H and O–H groups in total. The number of nitrogens with one attached hydrogen (secondary N) is 1. The van der Waals surface area contributed by atoms with E-state index in [2.05, 4.69) is 10.2 Å². The van der Waals surface area contributed by atoms with Crippen molar-refractivity contribution in [3.05, 3.63) is 63.1 Å². The lowest BCUT2D eigenvalue weighted by Crippen LogP contribution is -2.30. The van der Waals surface area contributed by atoms with Crippen LogP contribution in [0.15, 0.2) is 35.7 Å². The van der Waals surface area contributed by atoms with E-state index in [-0.39, 0.29) is 11.9 Å². The van der Waals surface area contributed by atoms with Crippen LogP contribution in [-0.2, 0) is 0 Å². The van der Waals surface area contributed by atoms with Crippen molar-refractivity contribution in [3.63, 3.8) is 0 Å². The molecule has 140 valence electrons. The first-order valence-electron chi connectivity index (χ1n) is 8.57. The van der Waals surface area contributed by atoms with Gasteiger partial charge in [0.1, 0.15) is 0 Å². The molecule has 0 aliphatic heterocycles. The minimum atomic E-state index is -0.445. The number of H-pyrrole nitrogens is 1. The summed E-state index contributed by atoms with van der Waals surface area (Å²) in [7, 11) is 1.79. The summed E-state index contributed by atoms with van der Waals surface area (Å²) in [6, 6.07) is 8.99. The Kier molecular flexibility index (Phi) is 5.14. The number of hydrogen-bond acceptors (Lipinski definition) is 4. The number of carbonyl (C=O) groups is 2. The van der Waals surface area contributed by atoms with Crippen LogP contribution in [-0.4, -0.2) is 34.0 Å². The van der Waals surface area contributed by atoms with Crippen LogP contribution in [0.4, 0.5) is 0 Å². The highest BCUT2D eigenvalue weighted by molar-refractivity contribution is 7.12. The number of hydrogen-bond donors (Lipinski definition) is 2. The van der Waals surface area contributed by atoms with Gasteiger partial charge < -0.3 is 10.6 Å². The Bertz CT molecular complexity index is 968. The van der Waals surface area contributed by atoms with Crippen molar-refractivity contribution in [2.75, 3.05) is 7.05 Å². The van der Waals surface area contributed by atoms with Gasteiger partial charge in [0.15, 0.2) is 0 Å². The fourth-order valence-electron chi connectivity index (χ4n) is 3.27. The van der Waals surface area contributed by atoms with Crippen LogP contribution in [0.25, 0.3) is 11.1 Å². The third-order valence-corrected chi connectivity index (χ3v) is 5.77. The summed E-state index contributed by atoms with van der Waals surface area (Å²) >= 11 is 1.31. The van der Waals surface area contributed by atoms with E-state index in [1.54, 1.807) is 24.1 Å². The molecule has 0 radical (unpaired) electrons. The largest absolute Gasteiger partial charge is 0.365 e. The van der Waals surface area contributed by atoms with Gasteiger partial charge in [-0.25, -0.2) is 0 Å². The van der Waals surface area contributed by atoms with Crippen molar-refractivity contribution >= 4 is 23.2 Å². The Labute approximate surface area is 162 Å². The van der Waals surface area contributed by atoms with E-state index in [9.17, 15) is 9.59 Å². The highest BCUT2D eigenvalue weighted by Gasteiger charge is 2.23. The molecule has 0 bridgehead atoms. The van der Waals surface area contributed by atoms with Gasteiger partial charge in [-0.2, -0.15) is 5.10 Å². The normalized spacial score (nSPS) is 12.0. The van der Waals surface area contributed by atoms with Gasteiger partial charge in [0.05, 0.1) is 16.6 Å². The average molecular weight is 382 g/mol. The number of aryl methyl sites for hydroxylation is 2. The molecule has 0 saturated heterocycles. The molecule has 0 fully saturated rings. The second-order valence-electron chi connectivity index (χ2n) is 6.54. The molecule has 0 spiro atoms. The van der Waals surface area contributed by atoms with Crippen LogP contribution >= 0.6 is 11.3 Å². The van der Waals surface area contributed by atoms with Crippen LogP contribution in [0.2, 0.25) is 0 Å². The van der Waals surface area contributed by atoms with E-state index in [0.717, 1.165) is 28.1 Å². The van der Waals surface area contributed by atoms with Crippen LogP contribution in [0.5, 0.6) is 0 Å². The van der Waals surface area contributed by atoms with Crippen LogP contribution in [0, 0.1) is 13.8 Å². The highest BCUT2D eigenvalue weighted by atomic mass is 32.1. The lowest BCUT2D eigenvalue weighted by atomic mass is 10.0. The fraction of sp³-hybridized carbons (Fsp3) is 0.250. The molecule has 27 heavy (non-hydrogen) atoms. The molecule has 6 nitrogen and oxygen atoms in total. The van der Waals surface area contributed by atoms with Crippen LogP contribution in [0.1, 0.15) is 49.9 Å². The summed E-state index contributed by atoms with van der Waals surface area (Å²) < 4.78 is 0. The van der Waals surface area contributed by atoms with Crippen molar-refractivity contribution in [2.45, 2.75) is 26.8 Å². The SMILES string of the molecule is Cc1n[nH]c(C)c1[C@@H](C)N(C)C(=O)c1ccc(-c2ccsc2C(N)=O)cc1. The van der Waals surface area contributed by atoms with Gasteiger partial charge in [0.25, 0.3) is 11.8 Å². The smallest absolute Gasteiger partial charge is 0.259 e. The molecule has 7 heteroatoms. The number of carbonyl (C=O) groups excluding carboxylic acids is 2. The fourth-order valence-corrected chi connectivity index (χ4v) is 4.04. The summed E-state index contributed by atoms with van der Waals surface area (Å²) in [5, 5.41) is 9.01. The Morgan fingerprint density at radius 1 is 1.19 bits per heavy atom. The minimum Gasteiger partial charge on any atom is -0.365 e. The minimum absolute atomic E-state index is 0.0745. The number of amides is 2. The second kappa shape index (κ2) is 7.36. The maximum atomic E-state index is 12.9. The lowest BCUT2D eigenvalue weighted by Gasteiger charge is -2.25. The summed E-state index contributed by atoms with van der Waals surface area (Å²) in [4.78, 5) is 26.7. The topological polar surface area (TPSA) is 92.1 Å². The Balaban J connectivity index is 1.83. The summed E-state index contributed by atoms with van der Waals surface area (Å²) in [5.74, 6) is -0.519. The van der Waals surface area contributed by atoms with Gasteiger partial charge in [-0.05, 0) is 49.9 Å². The van der Waals surface area contributed by atoms with Crippen LogP contribution < -0.4 is 5.73 Å². The Morgan fingerprint density at radius 2 is 1.85 bits per heavy atom. The van der Waals surface area contributed by atoms with Gasteiger partial charge in [0, 0.05) is 29.4 Å². The van der Waals surface area contributed by atoms with Crippen molar-refractivity contribution in [2.24, 2.45) is 5.73 Å². The third kappa shape index (κ3) is 3.50. The highest BCUT2D eigenvalue weighted by Crippen LogP contribution is 2.29. The number of aromatic nitrogens is 2. The van der Waals surface area contributed by atoms with Crippen LogP contribution in [0.3, 0.4) is 0 Å². The predicted octanol–water partition coefficient (Wildman–Crippen LogP) is 3.69. The molecule has 0 aliphatic carbocycles. The zero-order chi connectivity index (χ0) is 19.7. The molecule has 0 unspecified atom stereocenters. The number of rotatable bonds is 5. The molecule has 2 amide bonds. The first kappa shape index (κ1) is 18.8. The van der Waals surface area contributed by atoms with E-state index >= 15 is 0 Å². The number of nitrogens with zero attached hydrogens (tertiary/aromatic N) is 2. The Morgan fingerprint density at radius 3 is 2.41 bits per heavy atom. The average Bonchev–Trinajstić information content (AvgIpc) is 3.27. The Hall–Kier alpha value is -2.93. The van der Waals surface area contributed by atoms with Crippen molar-refractivity contribution in [3.8, 4) is 11.1 Å². The van der Waals surface area contributed by atoms with E-state index in [1.807, 2.05) is 44.4 Å². The standard InChI is InChI=1S/C20H22N4O2S/c1-11-17(12(2)23-22-11)13(3)24(4)20(26)15-7-5-14(6-8-15)16-9-10-27-18(16)19(21)25/h5-10,13H,1-4H3,(H2,21,25)(H,22,23)/t13-/m1/s1. The molecule has 1 atom stereocenters. The molecule has 3 aromatic rings. The zero-order valence-corrected chi connectivity index (χ0v) is 16.6. The van der Waals surface area contributed by atoms with Gasteiger partial charge in [0.2, 0.25) is 0 Å². The number of thiophene rings is 1. The number of primary amides is 1. The molecule has 2 aromatic heterocycles. The van der Waals surface area contributed by atoms with E-state index in [4.69, 9.17) is 5.73 Å². The van der Waals surface area contributed by atoms with E-state index in [1.165, 1.54) is 11.3 Å². The van der Waals surface area contributed by atoms with Crippen molar-refractivity contribution < 1.29 is 9.59 Å². The predicted molar refractivity (Wildman–Crippen MR) is 107 cm³/mol. The lowest BCUT2D eigenvalue weighted by molar-refractivity contribution is 0.0742. The molecule has 2 heterocycles. The molecule has 1 aromatic carbocycles. The van der Waals surface area contributed by atoms with Gasteiger partial charge in [-0.1, -0.05) is 12.1 Å². The molecular weight excluding hydrogens is 360 g/mol. The zero-order valence-electron chi connectivity index (χ0n) is 15.7. The van der Waals surface area contributed by atoms with Crippen molar-refractivity contribution in [1.29, 1.82) is 0 Å². The number of aromatic amines is 1. The number of nitrogens with two attached hydrogens (primary N) is 1. The van der Waals surface area contributed by atoms with Gasteiger partial charge in [-0.15, -0.1) is 11.3 Å². The second-order valence-corrected chi connectivity index (χ2v) is 7.46.